The highest BCUT2D eigenvalue weighted by atomic mass is 16.5. The molecule has 0 spiro atoms. The Labute approximate surface area is 129 Å². The van der Waals surface area contributed by atoms with Gasteiger partial charge in [0.05, 0.1) is 7.11 Å². The zero-order valence-electron chi connectivity index (χ0n) is 13.8. The van der Waals surface area contributed by atoms with Gasteiger partial charge in [-0.1, -0.05) is 25.5 Å². The molecule has 2 unspecified atom stereocenters. The summed E-state index contributed by atoms with van der Waals surface area (Å²) < 4.78 is 5.36. The summed E-state index contributed by atoms with van der Waals surface area (Å²) in [4.78, 5) is 2.58. The second kappa shape index (κ2) is 7.81. The molecule has 1 aromatic carbocycles. The lowest BCUT2D eigenvalue weighted by Crippen LogP contribution is -2.34. The lowest BCUT2D eigenvalue weighted by atomic mass is 9.98. The number of methoxy groups -OCH3 is 1. The molecule has 3 nitrogen and oxygen atoms in total. The number of nitrogens with two attached hydrogens (primary N) is 1. The fourth-order valence-electron chi connectivity index (χ4n) is 3.51. The van der Waals surface area contributed by atoms with Crippen molar-refractivity contribution in [1.29, 1.82) is 0 Å². The van der Waals surface area contributed by atoms with E-state index in [0.717, 1.165) is 11.7 Å². The van der Waals surface area contributed by atoms with Crippen molar-refractivity contribution >= 4 is 0 Å². The Balaban J connectivity index is 2.13. The van der Waals surface area contributed by atoms with E-state index in [-0.39, 0.29) is 0 Å². The fraction of sp³-hybridized carbons (Fsp3) is 0.667. The molecule has 21 heavy (non-hydrogen) atoms. The molecular formula is C18H30N2O. The average Bonchev–Trinajstić information content (AvgIpc) is 2.74. The van der Waals surface area contributed by atoms with Crippen molar-refractivity contribution in [3.8, 4) is 5.75 Å². The third kappa shape index (κ3) is 3.98. The van der Waals surface area contributed by atoms with Crippen LogP contribution in [0.25, 0.3) is 0 Å². The van der Waals surface area contributed by atoms with Crippen LogP contribution >= 0.6 is 0 Å². The van der Waals surface area contributed by atoms with Gasteiger partial charge in [0, 0.05) is 12.6 Å². The molecule has 0 radical (unpaired) electrons. The first kappa shape index (κ1) is 16.3. The van der Waals surface area contributed by atoms with Crippen LogP contribution in [0.1, 0.15) is 49.8 Å². The molecule has 3 heteroatoms. The molecule has 1 fully saturated rings. The molecule has 0 aromatic heterocycles. The molecule has 1 saturated heterocycles. The van der Waals surface area contributed by atoms with E-state index in [1.165, 1.54) is 49.9 Å². The molecule has 1 aliphatic heterocycles. The van der Waals surface area contributed by atoms with Crippen molar-refractivity contribution in [2.45, 2.75) is 45.6 Å². The maximum Gasteiger partial charge on any atom is 0.121 e. The number of hydrogen-bond acceptors (Lipinski definition) is 3. The predicted molar refractivity (Wildman–Crippen MR) is 88.7 cm³/mol. The number of nitrogens with zero attached hydrogens (tertiary/aromatic N) is 1. The largest absolute Gasteiger partial charge is 0.496 e. The van der Waals surface area contributed by atoms with Gasteiger partial charge in [0.2, 0.25) is 0 Å². The van der Waals surface area contributed by atoms with Crippen LogP contribution in [0.2, 0.25) is 0 Å². The standard InChI is InChI=1S/C18H30N2O/c1-4-15-6-5-10-20(11-9-15)17(13-19)16-7-8-18(21-3)14(2)12-16/h7-8,12,15,17H,4-6,9-11,13,19H2,1-3H3. The maximum absolute atomic E-state index is 6.10. The van der Waals surface area contributed by atoms with E-state index >= 15 is 0 Å². The lowest BCUT2D eigenvalue weighted by Gasteiger charge is -2.30. The van der Waals surface area contributed by atoms with Gasteiger partial charge < -0.3 is 10.5 Å². The monoisotopic (exact) mass is 290 g/mol. The molecule has 2 N–H and O–H groups in total. The minimum Gasteiger partial charge on any atom is -0.496 e. The van der Waals surface area contributed by atoms with Crippen molar-refractivity contribution in [2.24, 2.45) is 11.7 Å². The summed E-state index contributed by atoms with van der Waals surface area (Å²) in [5, 5.41) is 0. The quantitative estimate of drug-likeness (QED) is 0.902. The van der Waals surface area contributed by atoms with Crippen LogP contribution in [0.3, 0.4) is 0 Å². The Bertz CT molecular complexity index is 447. The Hall–Kier alpha value is -1.06. The molecule has 2 rings (SSSR count). The molecule has 0 saturated carbocycles. The van der Waals surface area contributed by atoms with Crippen LogP contribution in [0.5, 0.6) is 5.75 Å². The molecule has 0 amide bonds. The molecule has 0 bridgehead atoms. The molecular weight excluding hydrogens is 260 g/mol. The average molecular weight is 290 g/mol. The normalized spacial score (nSPS) is 21.8. The summed E-state index contributed by atoms with van der Waals surface area (Å²) in [7, 11) is 1.72. The summed E-state index contributed by atoms with van der Waals surface area (Å²) in [5.41, 5.74) is 8.62. The number of ether oxygens (including phenoxy) is 1. The topological polar surface area (TPSA) is 38.5 Å². The van der Waals surface area contributed by atoms with Crippen molar-refractivity contribution in [3.05, 3.63) is 29.3 Å². The van der Waals surface area contributed by atoms with Gasteiger partial charge in [0.15, 0.2) is 0 Å². The molecule has 1 aliphatic rings. The van der Waals surface area contributed by atoms with Crippen LogP contribution < -0.4 is 10.5 Å². The van der Waals surface area contributed by atoms with Gasteiger partial charge in [0.1, 0.15) is 5.75 Å². The Morgan fingerprint density at radius 2 is 2.14 bits per heavy atom. The highest BCUT2D eigenvalue weighted by molar-refractivity contribution is 5.37. The first-order chi connectivity index (χ1) is 10.2. The van der Waals surface area contributed by atoms with Crippen LogP contribution in [0.15, 0.2) is 18.2 Å². The number of benzene rings is 1. The Morgan fingerprint density at radius 3 is 2.76 bits per heavy atom. The van der Waals surface area contributed by atoms with Gasteiger partial charge in [-0.05, 0) is 62.4 Å². The molecule has 1 heterocycles. The third-order valence-corrected chi connectivity index (χ3v) is 4.93. The van der Waals surface area contributed by atoms with E-state index in [1.54, 1.807) is 7.11 Å². The van der Waals surface area contributed by atoms with Gasteiger partial charge >= 0.3 is 0 Å². The van der Waals surface area contributed by atoms with Crippen LogP contribution in [-0.4, -0.2) is 31.6 Å². The summed E-state index contributed by atoms with van der Waals surface area (Å²) in [6, 6.07) is 6.81. The zero-order chi connectivity index (χ0) is 15.2. The summed E-state index contributed by atoms with van der Waals surface area (Å²) in [6.45, 7) is 7.44. The number of likely N-dealkylation sites (tertiary alicyclic amines) is 1. The molecule has 0 aliphatic carbocycles. The maximum atomic E-state index is 6.10. The van der Waals surface area contributed by atoms with Crippen molar-refractivity contribution in [1.82, 2.24) is 4.90 Å². The third-order valence-electron chi connectivity index (χ3n) is 4.93. The van der Waals surface area contributed by atoms with Crippen LogP contribution in [-0.2, 0) is 0 Å². The highest BCUT2D eigenvalue weighted by Gasteiger charge is 2.23. The van der Waals surface area contributed by atoms with Gasteiger partial charge in [-0.3, -0.25) is 4.90 Å². The van der Waals surface area contributed by atoms with E-state index < -0.39 is 0 Å². The smallest absolute Gasteiger partial charge is 0.121 e. The molecule has 1 aromatic rings. The van der Waals surface area contributed by atoms with E-state index in [1.807, 2.05) is 0 Å². The van der Waals surface area contributed by atoms with Crippen molar-refractivity contribution < 1.29 is 4.74 Å². The summed E-state index contributed by atoms with van der Waals surface area (Å²) in [6.07, 6.45) is 5.28. The predicted octanol–water partition coefficient (Wildman–Crippen LogP) is 3.52. The van der Waals surface area contributed by atoms with E-state index in [9.17, 15) is 0 Å². The number of aryl methyl sites for hydroxylation is 1. The zero-order valence-corrected chi connectivity index (χ0v) is 13.8. The van der Waals surface area contributed by atoms with Gasteiger partial charge in [-0.2, -0.15) is 0 Å². The van der Waals surface area contributed by atoms with Crippen LogP contribution in [0.4, 0.5) is 0 Å². The SMILES string of the molecule is CCC1CCCN(C(CN)c2ccc(OC)c(C)c2)CC1. The van der Waals surface area contributed by atoms with E-state index in [4.69, 9.17) is 10.5 Å². The Kier molecular flexibility index (Phi) is 6.07. The van der Waals surface area contributed by atoms with E-state index in [0.29, 0.717) is 12.6 Å². The van der Waals surface area contributed by atoms with Crippen LogP contribution in [0, 0.1) is 12.8 Å². The van der Waals surface area contributed by atoms with Gasteiger partial charge in [-0.25, -0.2) is 0 Å². The van der Waals surface area contributed by atoms with Crippen molar-refractivity contribution in [2.75, 3.05) is 26.7 Å². The van der Waals surface area contributed by atoms with Gasteiger partial charge in [-0.15, -0.1) is 0 Å². The fourth-order valence-corrected chi connectivity index (χ4v) is 3.51. The summed E-state index contributed by atoms with van der Waals surface area (Å²) >= 11 is 0. The van der Waals surface area contributed by atoms with Gasteiger partial charge in [0.25, 0.3) is 0 Å². The Morgan fingerprint density at radius 1 is 1.33 bits per heavy atom. The highest BCUT2D eigenvalue weighted by Crippen LogP contribution is 2.29. The first-order valence-corrected chi connectivity index (χ1v) is 8.28. The number of rotatable bonds is 5. The molecule has 2 atom stereocenters. The first-order valence-electron chi connectivity index (χ1n) is 8.28. The molecule has 118 valence electrons. The number of hydrogen-bond donors (Lipinski definition) is 1. The second-order valence-electron chi connectivity index (χ2n) is 6.22. The second-order valence-corrected chi connectivity index (χ2v) is 6.22. The van der Waals surface area contributed by atoms with E-state index in [2.05, 4.69) is 36.9 Å². The minimum atomic E-state index is 0.338. The minimum absolute atomic E-state index is 0.338. The lowest BCUT2D eigenvalue weighted by molar-refractivity contribution is 0.206. The summed E-state index contributed by atoms with van der Waals surface area (Å²) in [5.74, 6) is 1.85. The van der Waals surface area contributed by atoms with Crippen molar-refractivity contribution in [3.63, 3.8) is 0 Å².